The van der Waals surface area contributed by atoms with E-state index in [1.54, 1.807) is 10.8 Å². The van der Waals surface area contributed by atoms with E-state index in [0.29, 0.717) is 11.4 Å². The summed E-state index contributed by atoms with van der Waals surface area (Å²) in [5.41, 5.74) is 3.34. The molecule has 1 aliphatic rings. The van der Waals surface area contributed by atoms with Crippen molar-refractivity contribution in [2.24, 2.45) is 0 Å². The number of carbonyl (C=O) groups is 1. The second-order valence-corrected chi connectivity index (χ2v) is 10.0. The summed E-state index contributed by atoms with van der Waals surface area (Å²) >= 11 is 1.37. The van der Waals surface area contributed by atoms with E-state index < -0.39 is 9.84 Å². The third kappa shape index (κ3) is 3.46. The van der Waals surface area contributed by atoms with Gasteiger partial charge in [-0.3, -0.25) is 9.48 Å². The molecule has 0 N–H and O–H groups in total. The van der Waals surface area contributed by atoms with Gasteiger partial charge in [-0.15, -0.1) is 11.3 Å². The number of ketones is 1. The van der Waals surface area contributed by atoms with Gasteiger partial charge >= 0.3 is 0 Å². The molecule has 6 nitrogen and oxygen atoms in total. The number of sulfone groups is 1. The van der Waals surface area contributed by atoms with E-state index in [0.717, 1.165) is 27.2 Å². The van der Waals surface area contributed by atoms with E-state index in [4.69, 9.17) is 0 Å². The number of nitrogens with zero attached hydrogens (tertiary/aromatic N) is 3. The largest absolute Gasteiger partial charge is 0.287 e. The Kier molecular flexibility index (Phi) is 4.47. The van der Waals surface area contributed by atoms with E-state index in [2.05, 4.69) is 10.1 Å². The topological polar surface area (TPSA) is 81.9 Å². The van der Waals surface area contributed by atoms with Crippen LogP contribution in [0.5, 0.6) is 0 Å². The lowest BCUT2D eigenvalue weighted by Crippen LogP contribution is -2.13. The first-order chi connectivity index (χ1) is 12.8. The van der Waals surface area contributed by atoms with Gasteiger partial charge in [-0.05, 0) is 44.6 Å². The lowest BCUT2D eigenvalue weighted by molar-refractivity contribution is 0.104. The van der Waals surface area contributed by atoms with Gasteiger partial charge in [0.25, 0.3) is 0 Å². The zero-order valence-corrected chi connectivity index (χ0v) is 16.7. The first kappa shape index (κ1) is 18.1. The molecule has 1 aliphatic heterocycles. The van der Waals surface area contributed by atoms with Crippen molar-refractivity contribution in [1.29, 1.82) is 0 Å². The van der Waals surface area contributed by atoms with Crippen molar-refractivity contribution in [2.45, 2.75) is 26.3 Å². The average molecular weight is 402 g/mol. The summed E-state index contributed by atoms with van der Waals surface area (Å²) in [4.78, 5) is 16.9. The van der Waals surface area contributed by atoms with Gasteiger partial charge in [0.15, 0.2) is 14.8 Å². The smallest absolute Gasteiger partial charge is 0.214 e. The molecule has 0 amide bonds. The Morgan fingerprint density at radius 3 is 2.78 bits per heavy atom. The maximum absolute atomic E-state index is 12.5. The number of hydrogen-bond acceptors (Lipinski definition) is 6. The molecule has 140 valence electrons. The van der Waals surface area contributed by atoms with Crippen LogP contribution in [0.15, 0.2) is 30.3 Å². The molecule has 0 spiro atoms. The second kappa shape index (κ2) is 6.69. The highest BCUT2D eigenvalue weighted by atomic mass is 32.2. The van der Waals surface area contributed by atoms with Gasteiger partial charge < -0.3 is 0 Å². The first-order valence-electron chi connectivity index (χ1n) is 8.68. The van der Waals surface area contributed by atoms with Gasteiger partial charge in [-0.25, -0.2) is 13.4 Å². The number of benzene rings is 1. The predicted molar refractivity (Wildman–Crippen MR) is 107 cm³/mol. The van der Waals surface area contributed by atoms with Crippen LogP contribution in [0, 0.1) is 13.8 Å². The Morgan fingerprint density at radius 2 is 2.07 bits per heavy atom. The van der Waals surface area contributed by atoms with Crippen LogP contribution >= 0.6 is 11.3 Å². The third-order valence-electron chi connectivity index (χ3n) is 4.84. The Labute approximate surface area is 161 Å². The summed E-state index contributed by atoms with van der Waals surface area (Å²) in [5, 5.41) is 4.98. The highest BCUT2D eigenvalue weighted by Crippen LogP contribution is 2.27. The van der Waals surface area contributed by atoms with Crippen LogP contribution in [-0.4, -0.2) is 40.5 Å². The molecule has 0 radical (unpaired) electrons. The van der Waals surface area contributed by atoms with Crippen molar-refractivity contribution in [1.82, 2.24) is 14.8 Å². The third-order valence-corrected chi connectivity index (χ3v) is 7.64. The molecule has 27 heavy (non-hydrogen) atoms. The molecule has 0 bridgehead atoms. The molecule has 0 unspecified atom stereocenters. The van der Waals surface area contributed by atoms with Crippen LogP contribution in [-0.2, 0) is 9.84 Å². The van der Waals surface area contributed by atoms with Gasteiger partial charge in [0, 0.05) is 11.3 Å². The highest BCUT2D eigenvalue weighted by molar-refractivity contribution is 7.91. The zero-order valence-electron chi connectivity index (χ0n) is 15.0. The van der Waals surface area contributed by atoms with Crippen LogP contribution in [0.4, 0.5) is 0 Å². The summed E-state index contributed by atoms with van der Waals surface area (Å²) < 4.78 is 26.3. The number of aryl methyl sites for hydroxylation is 1. The summed E-state index contributed by atoms with van der Waals surface area (Å²) in [6, 6.07) is 7.53. The fraction of sp³-hybridized carbons (Fsp3) is 0.316. The zero-order chi connectivity index (χ0) is 19.2. The van der Waals surface area contributed by atoms with E-state index >= 15 is 0 Å². The second-order valence-electron chi connectivity index (χ2n) is 6.77. The van der Waals surface area contributed by atoms with Gasteiger partial charge in [0.05, 0.1) is 33.5 Å². The van der Waals surface area contributed by atoms with Crippen molar-refractivity contribution in [3.8, 4) is 0 Å². The highest BCUT2D eigenvalue weighted by Gasteiger charge is 2.31. The van der Waals surface area contributed by atoms with Gasteiger partial charge in [0.1, 0.15) is 0 Å². The van der Waals surface area contributed by atoms with Crippen molar-refractivity contribution >= 4 is 43.2 Å². The molecule has 4 rings (SSSR count). The number of thiazole rings is 1. The number of rotatable bonds is 4. The Balaban J connectivity index is 1.59. The minimum Gasteiger partial charge on any atom is -0.287 e. The normalized spacial score (nSPS) is 19.3. The van der Waals surface area contributed by atoms with Crippen molar-refractivity contribution < 1.29 is 13.2 Å². The minimum absolute atomic E-state index is 0.128. The number of allylic oxidation sites excluding steroid dienone is 1. The summed E-state index contributed by atoms with van der Waals surface area (Å²) in [7, 11) is -2.98. The SMILES string of the molecule is Cc1nn([C@@H]2CCS(=O)(=O)C2)c(C)c1/C=C/C(=O)c1nc2ccccc2s1. The van der Waals surface area contributed by atoms with Crippen LogP contribution in [0.2, 0.25) is 0 Å². The molecule has 2 aromatic heterocycles. The summed E-state index contributed by atoms with van der Waals surface area (Å²) in [5.74, 6) is 0.186. The number of hydrogen-bond donors (Lipinski definition) is 0. The van der Waals surface area contributed by atoms with Gasteiger partial charge in [-0.2, -0.15) is 5.10 Å². The molecule has 1 atom stereocenters. The minimum atomic E-state index is -2.98. The van der Waals surface area contributed by atoms with Crippen molar-refractivity contribution in [3.05, 3.63) is 52.3 Å². The number of para-hydroxylation sites is 1. The van der Waals surface area contributed by atoms with E-state index in [-0.39, 0.29) is 23.3 Å². The molecule has 3 aromatic rings. The lowest BCUT2D eigenvalue weighted by Gasteiger charge is -2.10. The average Bonchev–Trinajstić information content (AvgIpc) is 3.29. The standard InChI is InChI=1S/C19H19N3O3S2/c1-12-15(13(2)22(21-12)14-9-10-27(24,25)11-14)7-8-17(23)19-20-16-5-3-4-6-18(16)26-19/h3-8,14H,9-11H2,1-2H3/b8-7+/t14-/m1/s1. The van der Waals surface area contributed by atoms with E-state index in [1.807, 2.05) is 38.1 Å². The summed E-state index contributed by atoms with van der Waals surface area (Å²) in [6.07, 6.45) is 3.86. The Bertz CT molecular complexity index is 1140. The quantitative estimate of drug-likeness (QED) is 0.494. The summed E-state index contributed by atoms with van der Waals surface area (Å²) in [6.45, 7) is 3.78. The molecule has 1 fully saturated rings. The fourth-order valence-electron chi connectivity index (χ4n) is 3.45. The van der Waals surface area contributed by atoms with Crippen LogP contribution < -0.4 is 0 Å². The molecule has 1 saturated heterocycles. The van der Waals surface area contributed by atoms with Crippen molar-refractivity contribution in [2.75, 3.05) is 11.5 Å². The van der Waals surface area contributed by atoms with E-state index in [9.17, 15) is 13.2 Å². The first-order valence-corrected chi connectivity index (χ1v) is 11.3. The van der Waals surface area contributed by atoms with Crippen molar-refractivity contribution in [3.63, 3.8) is 0 Å². The molecule has 3 heterocycles. The lowest BCUT2D eigenvalue weighted by atomic mass is 10.1. The number of carbonyl (C=O) groups excluding carboxylic acids is 1. The number of fused-ring (bicyclic) bond motifs is 1. The predicted octanol–water partition coefficient (Wildman–Crippen LogP) is 3.37. The maximum atomic E-state index is 12.5. The molecular weight excluding hydrogens is 382 g/mol. The molecule has 0 aliphatic carbocycles. The molecule has 0 saturated carbocycles. The fourth-order valence-corrected chi connectivity index (χ4v) is 6.03. The van der Waals surface area contributed by atoms with E-state index in [1.165, 1.54) is 17.4 Å². The Hall–Kier alpha value is -2.32. The van der Waals surface area contributed by atoms with Crippen LogP contribution in [0.25, 0.3) is 16.3 Å². The molecular formula is C19H19N3O3S2. The van der Waals surface area contributed by atoms with Gasteiger partial charge in [-0.1, -0.05) is 12.1 Å². The number of aromatic nitrogens is 3. The Morgan fingerprint density at radius 1 is 1.30 bits per heavy atom. The monoisotopic (exact) mass is 401 g/mol. The molecule has 8 heteroatoms. The van der Waals surface area contributed by atoms with Crippen LogP contribution in [0.3, 0.4) is 0 Å². The van der Waals surface area contributed by atoms with Gasteiger partial charge in [0.2, 0.25) is 5.78 Å². The molecule has 1 aromatic carbocycles. The maximum Gasteiger partial charge on any atom is 0.214 e. The van der Waals surface area contributed by atoms with Crippen LogP contribution in [0.1, 0.15) is 39.2 Å².